The van der Waals surface area contributed by atoms with Gasteiger partial charge in [0, 0.05) is 4.47 Å². The Kier molecular flexibility index (Phi) is 4.74. The molecule has 1 N–H and O–H groups in total. The van der Waals surface area contributed by atoms with Crippen molar-refractivity contribution in [1.29, 1.82) is 0 Å². The lowest BCUT2D eigenvalue weighted by Crippen LogP contribution is -2.22. The SMILES string of the molecule is CNC(c1ccc(C)c(Br)c1)c1ccccc1C(F)(F)F. The molecule has 0 saturated heterocycles. The topological polar surface area (TPSA) is 12.0 Å². The molecule has 0 aromatic heterocycles. The Morgan fingerprint density at radius 2 is 1.76 bits per heavy atom. The maximum atomic E-state index is 13.2. The molecule has 1 unspecified atom stereocenters. The van der Waals surface area contributed by atoms with Gasteiger partial charge in [0.05, 0.1) is 11.6 Å². The number of hydrogen-bond donors (Lipinski definition) is 1. The minimum absolute atomic E-state index is 0.225. The van der Waals surface area contributed by atoms with E-state index < -0.39 is 17.8 Å². The number of rotatable bonds is 3. The standard InChI is InChI=1S/C16H15BrF3N/c1-10-7-8-11(9-14(10)17)15(21-2)12-5-3-4-6-13(12)16(18,19)20/h3-9,15,21H,1-2H3. The molecule has 0 heterocycles. The Morgan fingerprint density at radius 1 is 1.10 bits per heavy atom. The summed E-state index contributed by atoms with van der Waals surface area (Å²) in [6.07, 6.45) is -4.37. The van der Waals surface area contributed by atoms with Crippen LogP contribution in [0, 0.1) is 6.92 Å². The fraction of sp³-hybridized carbons (Fsp3) is 0.250. The van der Waals surface area contributed by atoms with Crippen molar-refractivity contribution in [2.45, 2.75) is 19.1 Å². The second kappa shape index (κ2) is 6.20. The molecular formula is C16H15BrF3N. The summed E-state index contributed by atoms with van der Waals surface area (Å²) in [5, 5.41) is 2.97. The maximum Gasteiger partial charge on any atom is 0.416 e. The summed E-state index contributed by atoms with van der Waals surface area (Å²) in [5.74, 6) is 0. The first-order valence-corrected chi connectivity index (χ1v) is 7.23. The summed E-state index contributed by atoms with van der Waals surface area (Å²) in [5.41, 5.74) is 1.44. The highest BCUT2D eigenvalue weighted by Crippen LogP contribution is 2.37. The van der Waals surface area contributed by atoms with Gasteiger partial charge in [0.15, 0.2) is 0 Å². The summed E-state index contributed by atoms with van der Waals surface area (Å²) >= 11 is 3.42. The highest BCUT2D eigenvalue weighted by atomic mass is 79.9. The van der Waals surface area contributed by atoms with Crippen molar-refractivity contribution in [2.75, 3.05) is 7.05 Å². The lowest BCUT2D eigenvalue weighted by molar-refractivity contribution is -0.138. The van der Waals surface area contributed by atoms with Gasteiger partial charge in [-0.1, -0.05) is 46.3 Å². The third-order valence-electron chi connectivity index (χ3n) is 3.40. The van der Waals surface area contributed by atoms with Gasteiger partial charge in [0.1, 0.15) is 0 Å². The summed E-state index contributed by atoms with van der Waals surface area (Å²) in [6.45, 7) is 1.94. The molecule has 112 valence electrons. The largest absolute Gasteiger partial charge is 0.416 e. The molecule has 2 rings (SSSR count). The molecule has 0 saturated carbocycles. The molecule has 0 aliphatic rings. The molecular weight excluding hydrogens is 343 g/mol. The molecule has 1 nitrogen and oxygen atoms in total. The highest BCUT2D eigenvalue weighted by Gasteiger charge is 2.35. The van der Waals surface area contributed by atoms with Crippen LogP contribution in [0.25, 0.3) is 0 Å². The van der Waals surface area contributed by atoms with E-state index in [4.69, 9.17) is 0 Å². The molecule has 2 aromatic rings. The lowest BCUT2D eigenvalue weighted by Gasteiger charge is -2.22. The monoisotopic (exact) mass is 357 g/mol. The maximum absolute atomic E-state index is 13.2. The summed E-state index contributed by atoms with van der Waals surface area (Å²) in [7, 11) is 1.66. The first-order valence-electron chi connectivity index (χ1n) is 6.44. The molecule has 0 spiro atoms. The molecule has 2 aromatic carbocycles. The van der Waals surface area contributed by atoms with Crippen LogP contribution < -0.4 is 5.32 Å². The number of aryl methyl sites for hydroxylation is 1. The number of nitrogens with one attached hydrogen (secondary N) is 1. The van der Waals surface area contributed by atoms with Crippen molar-refractivity contribution in [2.24, 2.45) is 0 Å². The number of halogens is 4. The number of benzene rings is 2. The summed E-state index contributed by atoms with van der Waals surface area (Å²) < 4.78 is 40.4. The van der Waals surface area contributed by atoms with E-state index in [0.29, 0.717) is 0 Å². The average Bonchev–Trinajstić information content (AvgIpc) is 2.43. The summed E-state index contributed by atoms with van der Waals surface area (Å²) in [4.78, 5) is 0. The zero-order chi connectivity index (χ0) is 15.6. The van der Waals surface area contributed by atoms with Crippen LogP contribution >= 0.6 is 15.9 Å². The van der Waals surface area contributed by atoms with E-state index in [-0.39, 0.29) is 5.56 Å². The third kappa shape index (κ3) is 3.47. The van der Waals surface area contributed by atoms with Crippen LogP contribution in [0.15, 0.2) is 46.9 Å². The van der Waals surface area contributed by atoms with Crippen molar-refractivity contribution in [3.63, 3.8) is 0 Å². The van der Waals surface area contributed by atoms with Gasteiger partial charge >= 0.3 is 6.18 Å². The second-order valence-electron chi connectivity index (χ2n) is 4.82. The van der Waals surface area contributed by atoms with E-state index in [9.17, 15) is 13.2 Å². The van der Waals surface area contributed by atoms with Crippen LogP contribution in [0.1, 0.15) is 28.3 Å². The van der Waals surface area contributed by atoms with Crippen molar-refractivity contribution in [1.82, 2.24) is 5.32 Å². The van der Waals surface area contributed by atoms with Crippen LogP contribution in [0.2, 0.25) is 0 Å². The number of hydrogen-bond acceptors (Lipinski definition) is 1. The molecule has 0 bridgehead atoms. The van der Waals surface area contributed by atoms with Gasteiger partial charge in [-0.2, -0.15) is 13.2 Å². The quantitative estimate of drug-likeness (QED) is 0.806. The lowest BCUT2D eigenvalue weighted by atomic mass is 9.94. The predicted molar refractivity (Wildman–Crippen MR) is 81.2 cm³/mol. The highest BCUT2D eigenvalue weighted by molar-refractivity contribution is 9.10. The Hall–Kier alpha value is -1.33. The van der Waals surface area contributed by atoms with E-state index in [0.717, 1.165) is 21.7 Å². The number of alkyl halides is 3. The van der Waals surface area contributed by atoms with Crippen molar-refractivity contribution in [3.8, 4) is 0 Å². The van der Waals surface area contributed by atoms with Gasteiger partial charge in [0.2, 0.25) is 0 Å². The molecule has 0 aliphatic heterocycles. The van der Waals surface area contributed by atoms with E-state index in [1.54, 1.807) is 13.1 Å². The fourth-order valence-corrected chi connectivity index (χ4v) is 2.69. The van der Waals surface area contributed by atoms with Crippen LogP contribution in [0.4, 0.5) is 13.2 Å². The molecule has 5 heteroatoms. The van der Waals surface area contributed by atoms with Crippen LogP contribution in [0.5, 0.6) is 0 Å². The van der Waals surface area contributed by atoms with E-state index in [1.165, 1.54) is 12.1 Å². The minimum atomic E-state index is -4.37. The van der Waals surface area contributed by atoms with Gasteiger partial charge in [-0.05, 0) is 42.8 Å². The van der Waals surface area contributed by atoms with Gasteiger partial charge < -0.3 is 5.32 Å². The van der Waals surface area contributed by atoms with Gasteiger partial charge in [-0.25, -0.2) is 0 Å². The van der Waals surface area contributed by atoms with E-state index in [1.807, 2.05) is 25.1 Å². The molecule has 0 fully saturated rings. The first-order chi connectivity index (χ1) is 9.84. The van der Waals surface area contributed by atoms with Crippen molar-refractivity contribution >= 4 is 15.9 Å². The molecule has 1 atom stereocenters. The van der Waals surface area contributed by atoms with Crippen LogP contribution in [-0.2, 0) is 6.18 Å². The molecule has 0 amide bonds. The molecule has 0 radical (unpaired) electrons. The summed E-state index contributed by atoms with van der Waals surface area (Å²) in [6, 6.07) is 10.7. The predicted octanol–water partition coefficient (Wildman–Crippen LogP) is 5.09. The van der Waals surface area contributed by atoms with Crippen LogP contribution in [-0.4, -0.2) is 7.05 Å². The van der Waals surface area contributed by atoms with Gasteiger partial charge in [0.25, 0.3) is 0 Å². The van der Waals surface area contributed by atoms with E-state index >= 15 is 0 Å². The second-order valence-corrected chi connectivity index (χ2v) is 5.67. The van der Waals surface area contributed by atoms with Crippen LogP contribution in [0.3, 0.4) is 0 Å². The fourth-order valence-electron chi connectivity index (χ4n) is 2.30. The smallest absolute Gasteiger partial charge is 0.309 e. The Bertz CT molecular complexity index is 638. The Balaban J connectivity index is 2.54. The zero-order valence-electron chi connectivity index (χ0n) is 11.6. The molecule has 0 aliphatic carbocycles. The van der Waals surface area contributed by atoms with Crippen molar-refractivity contribution < 1.29 is 13.2 Å². The van der Waals surface area contributed by atoms with Crippen molar-refractivity contribution in [3.05, 3.63) is 69.2 Å². The van der Waals surface area contributed by atoms with Gasteiger partial charge in [-0.15, -0.1) is 0 Å². The molecule has 21 heavy (non-hydrogen) atoms. The average molecular weight is 358 g/mol. The zero-order valence-corrected chi connectivity index (χ0v) is 13.2. The Morgan fingerprint density at radius 3 is 2.33 bits per heavy atom. The Labute approximate surface area is 130 Å². The van der Waals surface area contributed by atoms with Gasteiger partial charge in [-0.3, -0.25) is 0 Å². The first kappa shape index (κ1) is 16.0. The third-order valence-corrected chi connectivity index (χ3v) is 4.25. The normalized spacial score (nSPS) is 13.2. The van der Waals surface area contributed by atoms with E-state index in [2.05, 4.69) is 21.2 Å². The minimum Gasteiger partial charge on any atom is -0.309 e.